The molecule has 0 aromatic heterocycles. The third-order valence-corrected chi connectivity index (χ3v) is 0.407. The zero-order chi connectivity index (χ0) is 5.54. The number of allylic oxidation sites excluding steroid dienone is 1. The van der Waals surface area contributed by atoms with E-state index in [0.29, 0.717) is 0 Å². The molecule has 0 bridgehead atoms. The zero-order valence-corrected chi connectivity index (χ0v) is 4.20. The molecule has 0 aliphatic heterocycles. The predicted octanol–water partition coefficient (Wildman–Crippen LogP) is 1.23. The highest BCUT2D eigenvalue weighted by molar-refractivity contribution is 5.74. The van der Waals surface area contributed by atoms with Gasteiger partial charge in [0.15, 0.2) is 0 Å². The highest BCUT2D eigenvalue weighted by atomic mass is 14.6. The molecule has 0 spiro atoms. The molecule has 0 aliphatic rings. The summed E-state index contributed by atoms with van der Waals surface area (Å²) >= 11 is 0. The lowest BCUT2D eigenvalue weighted by Crippen LogP contribution is -1.55. The minimum absolute atomic E-state index is 0.938. The molecule has 2 heteroatoms. The van der Waals surface area contributed by atoms with Crippen LogP contribution in [0.5, 0.6) is 0 Å². The molecule has 38 valence electrons. The Hall–Kier alpha value is -0.920. The average molecular weight is 95.1 g/mol. The minimum Gasteiger partial charge on any atom is -0.811 e. The van der Waals surface area contributed by atoms with E-state index in [1.165, 1.54) is 12.3 Å². The molecule has 0 saturated heterocycles. The summed E-state index contributed by atoms with van der Waals surface area (Å²) in [7, 11) is 0. The van der Waals surface area contributed by atoms with E-state index in [-0.39, 0.29) is 0 Å². The average Bonchev–Trinajstić information content (AvgIpc) is 1.69. The first-order valence-corrected chi connectivity index (χ1v) is 2.02. The van der Waals surface area contributed by atoms with Crippen LogP contribution < -0.4 is 0 Å². The van der Waals surface area contributed by atoms with Gasteiger partial charge in [0.25, 0.3) is 0 Å². The fraction of sp³-hybridized carbons (Fsp3) is 0.200. The Morgan fingerprint density at radius 3 is 2.71 bits per heavy atom. The van der Waals surface area contributed by atoms with E-state index in [2.05, 4.69) is 4.99 Å². The summed E-state index contributed by atoms with van der Waals surface area (Å²) in [5, 5.41) is 8.01. The van der Waals surface area contributed by atoms with E-state index in [0.717, 1.165) is 6.21 Å². The molecule has 0 amide bonds. The highest BCUT2D eigenvalue weighted by Gasteiger charge is 1.48. The SMILES string of the molecule is CC=N/C=C\C=[N-]. The molecule has 0 saturated carbocycles. The first kappa shape index (κ1) is 6.08. The molecule has 0 atom stereocenters. The lowest BCUT2D eigenvalue weighted by atomic mass is 10.7. The second kappa shape index (κ2) is 5.08. The molecule has 0 heterocycles. The van der Waals surface area contributed by atoms with Crippen LogP contribution in [0.4, 0.5) is 0 Å². The number of hydrogen-bond donors (Lipinski definition) is 0. The number of nitrogens with zero attached hydrogens (tertiary/aromatic N) is 2. The number of rotatable bonds is 2. The first-order valence-electron chi connectivity index (χ1n) is 2.02. The van der Waals surface area contributed by atoms with Crippen molar-refractivity contribution in [2.75, 3.05) is 0 Å². The van der Waals surface area contributed by atoms with Crippen molar-refractivity contribution < 1.29 is 0 Å². The third kappa shape index (κ3) is 5.08. The first-order chi connectivity index (χ1) is 3.41. The number of aliphatic imine (C=N–C) groups is 1. The molecule has 7 heavy (non-hydrogen) atoms. The summed E-state index contributed by atoms with van der Waals surface area (Å²) < 4.78 is 0. The van der Waals surface area contributed by atoms with Crippen LogP contribution in [0.2, 0.25) is 0 Å². The quantitative estimate of drug-likeness (QED) is 0.462. The van der Waals surface area contributed by atoms with Gasteiger partial charge in [-0.1, -0.05) is 6.08 Å². The van der Waals surface area contributed by atoms with Gasteiger partial charge in [0.1, 0.15) is 0 Å². The van der Waals surface area contributed by atoms with Crippen LogP contribution >= 0.6 is 0 Å². The van der Waals surface area contributed by atoms with Crippen molar-refractivity contribution >= 4 is 12.4 Å². The molecule has 0 unspecified atom stereocenters. The molecular formula is C5H7N2-. The van der Waals surface area contributed by atoms with Gasteiger partial charge in [-0.2, -0.15) is 6.21 Å². The van der Waals surface area contributed by atoms with Crippen LogP contribution in [-0.2, 0) is 0 Å². The normalized spacial score (nSPS) is 11.0. The monoisotopic (exact) mass is 95.1 g/mol. The maximum absolute atomic E-state index is 8.01. The molecule has 0 fully saturated rings. The van der Waals surface area contributed by atoms with E-state index in [4.69, 9.17) is 5.41 Å². The summed E-state index contributed by atoms with van der Waals surface area (Å²) in [5.41, 5.74) is 0. The molecule has 2 nitrogen and oxygen atoms in total. The molecular weight excluding hydrogens is 88.1 g/mol. The molecule has 0 N–H and O–H groups in total. The smallest absolute Gasteiger partial charge is 0.0245 e. The van der Waals surface area contributed by atoms with Crippen molar-refractivity contribution in [1.29, 1.82) is 0 Å². The van der Waals surface area contributed by atoms with Crippen molar-refractivity contribution in [3.63, 3.8) is 0 Å². The Labute approximate surface area is 43.1 Å². The number of hydrogen-bond acceptors (Lipinski definition) is 1. The Morgan fingerprint density at radius 1 is 1.57 bits per heavy atom. The fourth-order valence-corrected chi connectivity index (χ4v) is 0.174. The minimum atomic E-state index is 0.938. The molecule has 0 aromatic carbocycles. The van der Waals surface area contributed by atoms with E-state index in [1.807, 2.05) is 6.92 Å². The summed E-state index contributed by atoms with van der Waals surface area (Å²) in [6, 6.07) is 0. The molecule has 0 aromatic rings. The van der Waals surface area contributed by atoms with Crippen molar-refractivity contribution in [2.45, 2.75) is 6.92 Å². The van der Waals surface area contributed by atoms with E-state index < -0.39 is 0 Å². The van der Waals surface area contributed by atoms with Gasteiger partial charge >= 0.3 is 0 Å². The largest absolute Gasteiger partial charge is 0.811 e. The van der Waals surface area contributed by atoms with Gasteiger partial charge in [0, 0.05) is 12.4 Å². The standard InChI is InChI=1S/C5H7N2/c1-2-7-5-3-4-6/h2-5H,1H3/q-1/b5-3-,7-2?. The lowest BCUT2D eigenvalue weighted by Gasteiger charge is -1.73. The van der Waals surface area contributed by atoms with E-state index in [9.17, 15) is 0 Å². The molecule has 0 rings (SSSR count). The van der Waals surface area contributed by atoms with Crippen molar-refractivity contribution in [3.8, 4) is 0 Å². The van der Waals surface area contributed by atoms with Crippen molar-refractivity contribution in [3.05, 3.63) is 17.7 Å². The van der Waals surface area contributed by atoms with Crippen LogP contribution in [0.25, 0.3) is 5.41 Å². The van der Waals surface area contributed by atoms with Gasteiger partial charge in [0.05, 0.1) is 0 Å². The summed E-state index contributed by atoms with van der Waals surface area (Å²) in [6.07, 6.45) is 5.52. The van der Waals surface area contributed by atoms with Crippen LogP contribution in [0.3, 0.4) is 0 Å². The zero-order valence-electron chi connectivity index (χ0n) is 4.20. The Kier molecular flexibility index (Phi) is 4.41. The van der Waals surface area contributed by atoms with Gasteiger partial charge in [-0.25, -0.2) is 0 Å². The van der Waals surface area contributed by atoms with Crippen LogP contribution in [-0.4, -0.2) is 12.4 Å². The van der Waals surface area contributed by atoms with Crippen LogP contribution in [0, 0.1) is 0 Å². The maximum Gasteiger partial charge on any atom is 0.0245 e. The van der Waals surface area contributed by atoms with Gasteiger partial charge in [-0.3, -0.25) is 4.99 Å². The second-order valence-electron chi connectivity index (χ2n) is 0.898. The fourth-order valence-electron chi connectivity index (χ4n) is 0.174. The summed E-state index contributed by atoms with van der Waals surface area (Å²) in [6.45, 7) is 1.81. The Bertz CT molecular complexity index is 92.3. The van der Waals surface area contributed by atoms with Crippen LogP contribution in [0.15, 0.2) is 17.3 Å². The topological polar surface area (TPSA) is 34.7 Å². The maximum atomic E-state index is 8.01. The van der Waals surface area contributed by atoms with Gasteiger partial charge < -0.3 is 5.41 Å². The molecule has 0 radical (unpaired) electrons. The summed E-state index contributed by atoms with van der Waals surface area (Å²) in [5.74, 6) is 0. The van der Waals surface area contributed by atoms with Crippen LogP contribution in [0.1, 0.15) is 6.92 Å². The summed E-state index contributed by atoms with van der Waals surface area (Å²) in [4.78, 5) is 3.66. The van der Waals surface area contributed by atoms with Crippen molar-refractivity contribution in [1.82, 2.24) is 0 Å². The highest BCUT2D eigenvalue weighted by Crippen LogP contribution is 1.66. The van der Waals surface area contributed by atoms with Gasteiger partial charge in [0.2, 0.25) is 0 Å². The van der Waals surface area contributed by atoms with Gasteiger partial charge in [-0.15, -0.1) is 0 Å². The second-order valence-corrected chi connectivity index (χ2v) is 0.898. The van der Waals surface area contributed by atoms with Crippen molar-refractivity contribution in [2.24, 2.45) is 4.99 Å². The Balaban J connectivity index is 3.27. The Morgan fingerprint density at radius 2 is 2.29 bits per heavy atom. The van der Waals surface area contributed by atoms with E-state index in [1.54, 1.807) is 6.21 Å². The van der Waals surface area contributed by atoms with E-state index >= 15 is 0 Å². The lowest BCUT2D eigenvalue weighted by molar-refractivity contribution is 1.59. The predicted molar refractivity (Wildman–Crippen MR) is 32.7 cm³/mol. The molecule has 0 aliphatic carbocycles. The van der Waals surface area contributed by atoms with Gasteiger partial charge in [-0.05, 0) is 6.92 Å². The third-order valence-electron chi connectivity index (χ3n) is 0.407.